The Labute approximate surface area is 117 Å². The maximum Gasteiger partial charge on any atom is 0.536 e. The maximum atomic E-state index is 11.4. The van der Waals surface area contributed by atoms with Crippen LogP contribution in [0.1, 0.15) is 5.56 Å². The van der Waals surface area contributed by atoms with E-state index in [-0.39, 0.29) is 11.3 Å². The molecule has 3 N–H and O–H groups in total. The number of aryl methyl sites for hydroxylation is 1. The van der Waals surface area contributed by atoms with E-state index in [2.05, 4.69) is 8.83 Å². The Kier molecular flexibility index (Phi) is 4.08. The number of benzene rings is 1. The molecule has 2 aromatic rings. The summed E-state index contributed by atoms with van der Waals surface area (Å²) in [5.74, 6) is -0.254. The molecule has 0 fully saturated rings. The largest absolute Gasteiger partial charge is 0.536 e. The number of hydrogen-bond acceptors (Lipinski definition) is 6. The standard InChI is InChI=1S/C10H10O9P2/c1-6-4-10(11)17-9-5-7(2-3-8(6)9)18-21(15,16)19-20(12,13)14/h2-5H,1H3,(H,15,16)(H2,12,13,14). The molecule has 2 rings (SSSR count). The fourth-order valence-corrected chi connectivity index (χ4v) is 3.23. The minimum Gasteiger partial charge on any atom is -0.423 e. The zero-order chi connectivity index (χ0) is 15.8. The summed E-state index contributed by atoms with van der Waals surface area (Å²) >= 11 is 0. The zero-order valence-electron chi connectivity index (χ0n) is 10.5. The lowest BCUT2D eigenvalue weighted by atomic mass is 10.1. The molecule has 0 saturated carbocycles. The maximum absolute atomic E-state index is 11.4. The van der Waals surface area contributed by atoms with Gasteiger partial charge in [0.25, 0.3) is 0 Å². The van der Waals surface area contributed by atoms with Gasteiger partial charge in [-0.15, -0.1) is 0 Å². The van der Waals surface area contributed by atoms with Crippen LogP contribution in [0.3, 0.4) is 0 Å². The Hall–Kier alpha value is -1.47. The number of hydrogen-bond donors (Lipinski definition) is 3. The van der Waals surface area contributed by atoms with Gasteiger partial charge < -0.3 is 18.7 Å². The number of rotatable bonds is 4. The van der Waals surface area contributed by atoms with Crippen molar-refractivity contribution >= 4 is 26.6 Å². The van der Waals surface area contributed by atoms with Crippen LogP contribution in [0.4, 0.5) is 0 Å². The van der Waals surface area contributed by atoms with E-state index in [1.54, 1.807) is 6.92 Å². The average Bonchev–Trinajstić information content (AvgIpc) is 2.23. The van der Waals surface area contributed by atoms with Crippen molar-refractivity contribution in [3.63, 3.8) is 0 Å². The lowest BCUT2D eigenvalue weighted by Crippen LogP contribution is -1.99. The molecule has 1 heterocycles. The minimum atomic E-state index is -5.20. The van der Waals surface area contributed by atoms with Crippen LogP contribution >= 0.6 is 15.6 Å². The minimum absolute atomic E-state index is 0.0914. The second-order valence-electron chi connectivity index (χ2n) is 4.04. The first-order chi connectivity index (χ1) is 9.56. The third-order valence-corrected chi connectivity index (χ3v) is 4.47. The summed E-state index contributed by atoms with van der Waals surface area (Å²) in [7, 11) is -10.2. The SMILES string of the molecule is Cc1cc(=O)oc2cc(OP(=O)(O)OP(=O)(O)O)ccc12. The molecule has 1 unspecified atom stereocenters. The number of phosphoric ester groups is 1. The van der Waals surface area contributed by atoms with Crippen LogP contribution in [-0.2, 0) is 13.4 Å². The topological polar surface area (TPSA) is 144 Å². The van der Waals surface area contributed by atoms with Gasteiger partial charge >= 0.3 is 21.3 Å². The first-order valence-electron chi connectivity index (χ1n) is 5.39. The molecule has 9 nitrogen and oxygen atoms in total. The summed E-state index contributed by atoms with van der Waals surface area (Å²) in [5.41, 5.74) is 0.107. The molecule has 1 aromatic carbocycles. The van der Waals surface area contributed by atoms with Crippen molar-refractivity contribution in [2.24, 2.45) is 0 Å². The normalized spacial score (nSPS) is 14.9. The van der Waals surface area contributed by atoms with Crippen LogP contribution in [0.15, 0.2) is 33.5 Å². The van der Waals surface area contributed by atoms with Gasteiger partial charge in [-0.3, -0.25) is 4.89 Å². The predicted molar refractivity (Wildman–Crippen MR) is 70.8 cm³/mol. The van der Waals surface area contributed by atoms with Crippen molar-refractivity contribution in [1.82, 2.24) is 0 Å². The van der Waals surface area contributed by atoms with Gasteiger partial charge in [-0.05, 0) is 24.6 Å². The molecule has 0 bridgehead atoms. The first-order valence-corrected chi connectivity index (χ1v) is 8.42. The van der Waals surface area contributed by atoms with Gasteiger partial charge in [0.15, 0.2) is 0 Å². The van der Waals surface area contributed by atoms with Crippen molar-refractivity contribution < 1.29 is 37.1 Å². The molecule has 21 heavy (non-hydrogen) atoms. The summed E-state index contributed by atoms with van der Waals surface area (Å²) < 4.78 is 35.0. The third-order valence-electron chi connectivity index (χ3n) is 2.35. The molecule has 0 amide bonds. The van der Waals surface area contributed by atoms with E-state index >= 15 is 0 Å². The van der Waals surface area contributed by atoms with Crippen LogP contribution in [0, 0.1) is 6.92 Å². The van der Waals surface area contributed by atoms with Gasteiger partial charge in [0.05, 0.1) is 0 Å². The van der Waals surface area contributed by atoms with Gasteiger partial charge in [-0.2, -0.15) is 4.31 Å². The van der Waals surface area contributed by atoms with Gasteiger partial charge in [-0.25, -0.2) is 13.9 Å². The molecule has 0 aliphatic carbocycles. The first kappa shape index (κ1) is 15.9. The highest BCUT2D eigenvalue weighted by Crippen LogP contribution is 2.57. The van der Waals surface area contributed by atoms with Crippen molar-refractivity contribution in [2.75, 3.05) is 0 Å². The smallest absolute Gasteiger partial charge is 0.423 e. The molecule has 11 heteroatoms. The van der Waals surface area contributed by atoms with Crippen LogP contribution in [0.2, 0.25) is 0 Å². The molecule has 1 atom stereocenters. The summed E-state index contributed by atoms with van der Waals surface area (Å²) in [6, 6.07) is 5.13. The van der Waals surface area contributed by atoms with Crippen LogP contribution < -0.4 is 10.1 Å². The monoisotopic (exact) mass is 336 g/mol. The summed E-state index contributed by atoms with van der Waals surface area (Å²) in [6.07, 6.45) is 0. The molecular weight excluding hydrogens is 326 g/mol. The summed E-state index contributed by atoms with van der Waals surface area (Å²) in [5, 5.41) is 0.575. The van der Waals surface area contributed by atoms with E-state index in [0.29, 0.717) is 10.9 Å². The number of fused-ring (bicyclic) bond motifs is 1. The third kappa shape index (κ3) is 4.25. The molecule has 0 spiro atoms. The van der Waals surface area contributed by atoms with E-state index in [1.807, 2.05) is 0 Å². The lowest BCUT2D eigenvalue weighted by molar-refractivity contribution is 0.229. The highest BCUT2D eigenvalue weighted by Gasteiger charge is 2.33. The Bertz CT molecular complexity index is 834. The quantitative estimate of drug-likeness (QED) is 0.561. The van der Waals surface area contributed by atoms with E-state index in [1.165, 1.54) is 18.2 Å². The Balaban J connectivity index is 2.38. The van der Waals surface area contributed by atoms with Crippen molar-refractivity contribution in [3.8, 4) is 5.75 Å². The van der Waals surface area contributed by atoms with Crippen molar-refractivity contribution in [2.45, 2.75) is 6.92 Å². The lowest BCUT2D eigenvalue weighted by Gasteiger charge is -2.13. The highest BCUT2D eigenvalue weighted by atomic mass is 31.3. The summed E-state index contributed by atoms with van der Waals surface area (Å²) in [6.45, 7) is 1.67. The van der Waals surface area contributed by atoms with Gasteiger partial charge in [0.2, 0.25) is 0 Å². The van der Waals surface area contributed by atoms with Crippen LogP contribution in [0.5, 0.6) is 5.75 Å². The fraction of sp³-hybridized carbons (Fsp3) is 0.100. The van der Waals surface area contributed by atoms with E-state index in [9.17, 15) is 18.8 Å². The van der Waals surface area contributed by atoms with Crippen molar-refractivity contribution in [1.29, 1.82) is 0 Å². The highest BCUT2D eigenvalue weighted by molar-refractivity contribution is 7.60. The zero-order valence-corrected chi connectivity index (χ0v) is 12.3. The van der Waals surface area contributed by atoms with E-state index in [4.69, 9.17) is 14.2 Å². The van der Waals surface area contributed by atoms with Crippen molar-refractivity contribution in [3.05, 3.63) is 40.2 Å². The number of phosphoric acid groups is 2. The molecule has 0 aliphatic heterocycles. The average molecular weight is 336 g/mol. The molecule has 0 aliphatic rings. The molecule has 114 valence electrons. The summed E-state index contributed by atoms with van der Waals surface area (Å²) in [4.78, 5) is 37.4. The second-order valence-corrected chi connectivity index (χ2v) is 6.79. The Morgan fingerprint density at radius 1 is 1.14 bits per heavy atom. The van der Waals surface area contributed by atoms with Gasteiger partial charge in [0.1, 0.15) is 11.3 Å². The Morgan fingerprint density at radius 3 is 2.43 bits per heavy atom. The Morgan fingerprint density at radius 2 is 1.81 bits per heavy atom. The molecule has 0 saturated heterocycles. The van der Waals surface area contributed by atoms with E-state index in [0.717, 1.165) is 6.07 Å². The molecule has 1 aromatic heterocycles. The van der Waals surface area contributed by atoms with Crippen LogP contribution in [-0.4, -0.2) is 14.7 Å². The van der Waals surface area contributed by atoms with Gasteiger partial charge in [-0.1, -0.05) is 0 Å². The molecular formula is C10H10O9P2. The van der Waals surface area contributed by atoms with Gasteiger partial charge in [0, 0.05) is 17.5 Å². The molecule has 0 radical (unpaired) electrons. The van der Waals surface area contributed by atoms with Crippen LogP contribution in [0.25, 0.3) is 11.0 Å². The van der Waals surface area contributed by atoms with E-state index < -0.39 is 21.3 Å². The second kappa shape index (κ2) is 5.38. The fourth-order valence-electron chi connectivity index (χ4n) is 1.65. The predicted octanol–water partition coefficient (Wildman–Crippen LogP) is 1.69.